The van der Waals surface area contributed by atoms with Crippen molar-refractivity contribution in [2.24, 2.45) is 5.41 Å². The number of fused-ring (bicyclic) bond motifs is 1. The topological polar surface area (TPSA) is 384 Å². The number of aliphatic hydroxyl groups is 3. The summed E-state index contributed by atoms with van der Waals surface area (Å²) in [5.41, 5.74) is 4.23. The molecule has 0 saturated carbocycles. The number of carbonyl (C=O) groups excluding carboxylic acids is 3. The van der Waals surface area contributed by atoms with Gasteiger partial charge in [0.2, 0.25) is 11.8 Å². The molecule has 3 unspecified atom stereocenters. The Bertz CT molecular complexity index is 1780. The zero-order valence-corrected chi connectivity index (χ0v) is 32.3. The number of aromatic nitrogens is 4. The Labute approximate surface area is 310 Å². The molecule has 3 rings (SSSR count). The van der Waals surface area contributed by atoms with Gasteiger partial charge >= 0.3 is 23.5 Å². The van der Waals surface area contributed by atoms with Crippen molar-refractivity contribution < 1.29 is 85.6 Å². The van der Waals surface area contributed by atoms with E-state index >= 15 is 0 Å². The lowest BCUT2D eigenvalue weighted by atomic mass is 9.87. The van der Waals surface area contributed by atoms with Gasteiger partial charge in [-0.1, -0.05) is 25.6 Å². The van der Waals surface area contributed by atoms with E-state index in [4.69, 9.17) is 19.5 Å². The second-order valence-corrected chi connectivity index (χ2v) is 17.7. The number of phosphoric acid groups is 3. The Kier molecular flexibility index (Phi) is 16.2. The molecule has 25 nitrogen and oxygen atoms in total. The summed E-state index contributed by atoms with van der Waals surface area (Å²) in [4.78, 5) is 86.9. The number of carbonyl (C=O) groups is 3. The van der Waals surface area contributed by atoms with E-state index in [1.165, 1.54) is 20.8 Å². The summed E-state index contributed by atoms with van der Waals surface area (Å²) in [6.07, 6.45) is -7.79. The summed E-state index contributed by atoms with van der Waals surface area (Å²) >= 11 is 0.939. The molecule has 11 N–H and O–H groups in total. The molecule has 1 saturated heterocycles. The molecular weight excluding hydrogens is 811 g/mol. The second kappa shape index (κ2) is 19.1. The van der Waals surface area contributed by atoms with E-state index in [9.17, 15) is 63.0 Å². The number of nitrogens with two attached hydrogens (primary N) is 1. The van der Waals surface area contributed by atoms with Crippen LogP contribution in [0.2, 0.25) is 0 Å². The SMILES string of the molecule is C[C@@H](O)CC(=O)SCCNC(=O)CCNC(=O)C(O)C(C)(C)COP(=O)(O)OP(=O)(O)OC[C@H]1O[C@@H](n2cnc3c(N)ncnc32)[C@H](O)[C@@H]1OP(=O)(O)O. The van der Waals surface area contributed by atoms with E-state index in [1.807, 2.05) is 0 Å². The van der Waals surface area contributed by atoms with Crippen LogP contribution in [-0.4, -0.2) is 134 Å². The van der Waals surface area contributed by atoms with Gasteiger partial charge in [0.15, 0.2) is 22.8 Å². The first-order valence-electron chi connectivity index (χ1n) is 15.6. The molecule has 1 aliphatic rings. The molecule has 0 aromatic carbocycles. The molecule has 29 heteroatoms. The van der Waals surface area contributed by atoms with Crippen molar-refractivity contribution in [2.45, 2.75) is 70.4 Å². The fourth-order valence-electron chi connectivity index (χ4n) is 4.60. The highest BCUT2D eigenvalue weighted by atomic mass is 32.2. The predicted octanol–water partition coefficient (Wildman–Crippen LogP) is -1.56. The number of nitrogen functional groups attached to an aromatic ring is 1. The van der Waals surface area contributed by atoms with Crippen molar-refractivity contribution in [3.8, 4) is 0 Å². The van der Waals surface area contributed by atoms with Gasteiger partial charge in [0.05, 0.1) is 25.6 Å². The minimum absolute atomic E-state index is 0.0259. The molecule has 1 fully saturated rings. The van der Waals surface area contributed by atoms with Crippen LogP contribution in [0.4, 0.5) is 5.82 Å². The van der Waals surface area contributed by atoms with E-state index in [0.717, 1.165) is 29.0 Å². The molecule has 2 aromatic heterocycles. The number of nitrogens with zero attached hydrogens (tertiary/aromatic N) is 4. The molecule has 3 heterocycles. The average Bonchev–Trinajstić information content (AvgIpc) is 3.60. The zero-order chi connectivity index (χ0) is 40.6. The summed E-state index contributed by atoms with van der Waals surface area (Å²) in [5.74, 6) is -1.25. The van der Waals surface area contributed by atoms with Crippen molar-refractivity contribution in [1.29, 1.82) is 0 Å². The van der Waals surface area contributed by atoms with Gasteiger partial charge in [-0.3, -0.25) is 32.5 Å². The van der Waals surface area contributed by atoms with Gasteiger partial charge < -0.3 is 56.0 Å². The normalized spacial score (nSPS) is 22.6. The molecular formula is C25H42N7O18P3S. The summed E-state index contributed by atoms with van der Waals surface area (Å²) in [7, 11) is -16.4. The first kappa shape index (κ1) is 45.9. The maximum atomic E-state index is 12.6. The quantitative estimate of drug-likeness (QED) is 0.0501. The minimum Gasteiger partial charge on any atom is -0.393 e. The zero-order valence-electron chi connectivity index (χ0n) is 28.8. The number of hydrogen-bond donors (Lipinski definition) is 10. The van der Waals surface area contributed by atoms with Gasteiger partial charge in [-0.2, -0.15) is 4.31 Å². The molecule has 306 valence electrons. The van der Waals surface area contributed by atoms with Crippen LogP contribution in [0.25, 0.3) is 11.2 Å². The number of amides is 2. The van der Waals surface area contributed by atoms with Crippen molar-refractivity contribution in [2.75, 3.05) is 37.8 Å². The van der Waals surface area contributed by atoms with Crippen LogP contribution in [0.5, 0.6) is 0 Å². The largest absolute Gasteiger partial charge is 0.481 e. The van der Waals surface area contributed by atoms with Crippen LogP contribution in [-0.2, 0) is 50.7 Å². The Balaban J connectivity index is 1.51. The molecule has 0 aliphatic carbocycles. The van der Waals surface area contributed by atoms with Crippen molar-refractivity contribution in [1.82, 2.24) is 30.2 Å². The van der Waals surface area contributed by atoms with Crippen LogP contribution in [0.3, 0.4) is 0 Å². The number of nitrogens with one attached hydrogen (secondary N) is 2. The molecule has 8 atom stereocenters. The lowest BCUT2D eigenvalue weighted by Crippen LogP contribution is -2.46. The third kappa shape index (κ3) is 13.9. The highest BCUT2D eigenvalue weighted by molar-refractivity contribution is 8.13. The molecule has 0 radical (unpaired) electrons. The number of rotatable bonds is 21. The fraction of sp³-hybridized carbons (Fsp3) is 0.680. The number of imidazole rings is 1. The van der Waals surface area contributed by atoms with Crippen molar-refractivity contribution in [3.05, 3.63) is 12.7 Å². The molecule has 2 amide bonds. The standard InChI is InChI=1S/C25H42N7O18P3S/c1-13(33)8-16(35)54-7-6-27-15(34)4-5-28-23(38)20(37)25(2,3)10-47-53(44,45)50-52(42,43)46-9-14-19(49-51(39,40)41)18(36)24(48-14)32-12-31-17-21(26)29-11-30-22(17)32/h11-14,18-20,24,33,36-37H,4-10H2,1-3H3,(H,27,34)(H,28,38)(H,42,43)(H,44,45)(H2,26,29,30)(H2,39,40,41)/t13-,14-,18-,19-,20?,24-/m1/s1. The number of anilines is 1. The smallest absolute Gasteiger partial charge is 0.393 e. The van der Waals surface area contributed by atoms with E-state index in [-0.39, 0.29) is 53.8 Å². The lowest BCUT2D eigenvalue weighted by Gasteiger charge is -2.30. The summed E-state index contributed by atoms with van der Waals surface area (Å²) < 4.78 is 61.9. The van der Waals surface area contributed by atoms with E-state index in [0.29, 0.717) is 0 Å². The lowest BCUT2D eigenvalue weighted by molar-refractivity contribution is -0.137. The number of thioether (sulfide) groups is 1. The van der Waals surface area contributed by atoms with Gasteiger partial charge in [0, 0.05) is 37.1 Å². The van der Waals surface area contributed by atoms with Crippen LogP contribution >= 0.6 is 35.2 Å². The Morgan fingerprint density at radius 1 is 1.06 bits per heavy atom. The van der Waals surface area contributed by atoms with Crippen LogP contribution in [0, 0.1) is 5.41 Å². The van der Waals surface area contributed by atoms with Gasteiger partial charge in [-0.05, 0) is 6.92 Å². The highest BCUT2D eigenvalue weighted by Gasteiger charge is 2.50. The summed E-state index contributed by atoms with van der Waals surface area (Å²) in [6.45, 7) is 1.83. The van der Waals surface area contributed by atoms with E-state index in [1.54, 1.807) is 0 Å². The fourth-order valence-corrected chi connectivity index (χ4v) is 8.22. The van der Waals surface area contributed by atoms with Gasteiger partial charge in [-0.25, -0.2) is 28.6 Å². The van der Waals surface area contributed by atoms with Crippen molar-refractivity contribution in [3.63, 3.8) is 0 Å². The Morgan fingerprint density at radius 2 is 1.72 bits per heavy atom. The molecule has 0 spiro atoms. The highest BCUT2D eigenvalue weighted by Crippen LogP contribution is 2.61. The third-order valence-electron chi connectivity index (χ3n) is 7.23. The van der Waals surface area contributed by atoms with E-state index < -0.39 is 90.7 Å². The maximum absolute atomic E-state index is 12.6. The second-order valence-electron chi connectivity index (χ2n) is 12.3. The third-order valence-corrected chi connectivity index (χ3v) is 11.2. The summed E-state index contributed by atoms with van der Waals surface area (Å²) in [5, 5.41) is 35.2. The molecule has 1 aliphatic heterocycles. The Morgan fingerprint density at radius 3 is 2.37 bits per heavy atom. The first-order chi connectivity index (χ1) is 24.9. The van der Waals surface area contributed by atoms with Gasteiger partial charge in [0.1, 0.15) is 36.3 Å². The monoisotopic (exact) mass is 853 g/mol. The predicted molar refractivity (Wildman–Crippen MR) is 183 cm³/mol. The average molecular weight is 854 g/mol. The number of aliphatic hydroxyl groups excluding tert-OH is 3. The van der Waals surface area contributed by atoms with Crippen LogP contribution in [0.15, 0.2) is 12.7 Å². The molecule has 54 heavy (non-hydrogen) atoms. The number of hydrogen-bond acceptors (Lipinski definition) is 19. The van der Waals surface area contributed by atoms with Gasteiger partial charge in [-0.15, -0.1) is 0 Å². The number of phosphoric ester groups is 3. The Hall–Kier alpha value is -2.48. The van der Waals surface area contributed by atoms with Gasteiger partial charge in [0.25, 0.3) is 0 Å². The first-order valence-corrected chi connectivity index (χ1v) is 21.1. The minimum atomic E-state index is -5.57. The van der Waals surface area contributed by atoms with E-state index in [2.05, 4.69) is 34.4 Å². The molecule has 2 aromatic rings. The number of ether oxygens (including phenoxy) is 1. The van der Waals surface area contributed by atoms with Crippen molar-refractivity contribution >= 4 is 69.1 Å². The van der Waals surface area contributed by atoms with Crippen LogP contribution in [0.1, 0.15) is 39.8 Å². The summed E-state index contributed by atoms with van der Waals surface area (Å²) in [6, 6.07) is 0. The van der Waals surface area contributed by atoms with Crippen LogP contribution < -0.4 is 16.4 Å². The molecule has 0 bridgehead atoms. The maximum Gasteiger partial charge on any atom is 0.481 e.